The molecule has 0 saturated carbocycles. The van der Waals surface area contributed by atoms with Crippen LogP contribution < -0.4 is 0 Å². The van der Waals surface area contributed by atoms with Crippen LogP contribution in [-0.4, -0.2) is 11.1 Å². The number of rotatable bonds is 2. The molecule has 0 aliphatic carbocycles. The molecule has 20 heavy (non-hydrogen) atoms. The second-order valence-electron chi connectivity index (χ2n) is 4.23. The number of carboxylic acids is 1. The number of hydrogen-bond donors (Lipinski definition) is 1. The second-order valence-corrected chi connectivity index (χ2v) is 6.13. The summed E-state index contributed by atoms with van der Waals surface area (Å²) >= 11 is 13.5. The molecule has 100 valence electrons. The van der Waals surface area contributed by atoms with E-state index in [1.165, 1.54) is 11.3 Å². The summed E-state index contributed by atoms with van der Waals surface area (Å²) in [5, 5.41) is 11.3. The van der Waals surface area contributed by atoms with E-state index in [2.05, 4.69) is 0 Å². The van der Waals surface area contributed by atoms with E-state index < -0.39 is 5.97 Å². The van der Waals surface area contributed by atoms with E-state index in [0.717, 1.165) is 10.1 Å². The largest absolute Gasteiger partial charge is 0.477 e. The Morgan fingerprint density at radius 1 is 1.10 bits per heavy atom. The van der Waals surface area contributed by atoms with Gasteiger partial charge in [0, 0.05) is 31.3 Å². The van der Waals surface area contributed by atoms with Crippen LogP contribution in [-0.2, 0) is 0 Å². The highest BCUT2D eigenvalue weighted by molar-refractivity contribution is 7.21. The topological polar surface area (TPSA) is 37.3 Å². The number of fused-ring (bicyclic) bond motifs is 1. The van der Waals surface area contributed by atoms with Crippen LogP contribution in [0, 0.1) is 0 Å². The zero-order valence-electron chi connectivity index (χ0n) is 10.1. The number of halogens is 2. The molecule has 2 aromatic carbocycles. The van der Waals surface area contributed by atoms with Gasteiger partial charge in [-0.25, -0.2) is 4.79 Å². The van der Waals surface area contributed by atoms with E-state index in [1.54, 1.807) is 18.2 Å². The maximum Gasteiger partial charge on any atom is 0.346 e. The summed E-state index contributed by atoms with van der Waals surface area (Å²) in [5.41, 5.74) is 1.34. The second kappa shape index (κ2) is 5.09. The van der Waals surface area contributed by atoms with Crippen LogP contribution in [0.25, 0.3) is 21.2 Å². The van der Waals surface area contributed by atoms with Crippen LogP contribution in [0.1, 0.15) is 9.67 Å². The van der Waals surface area contributed by atoms with Gasteiger partial charge in [-0.05, 0) is 24.3 Å². The minimum Gasteiger partial charge on any atom is -0.477 e. The smallest absolute Gasteiger partial charge is 0.346 e. The summed E-state index contributed by atoms with van der Waals surface area (Å²) in [5.74, 6) is -0.961. The lowest BCUT2D eigenvalue weighted by Crippen LogP contribution is -1.95. The van der Waals surface area contributed by atoms with Gasteiger partial charge in [0.25, 0.3) is 0 Å². The average Bonchev–Trinajstić information content (AvgIpc) is 2.78. The van der Waals surface area contributed by atoms with Gasteiger partial charge in [-0.1, -0.05) is 41.4 Å². The molecule has 0 aliphatic rings. The molecule has 3 aromatic rings. The Hall–Kier alpha value is -1.55. The Labute approximate surface area is 129 Å². The van der Waals surface area contributed by atoms with Crippen molar-refractivity contribution in [1.82, 2.24) is 0 Å². The Morgan fingerprint density at radius 2 is 1.85 bits per heavy atom. The molecule has 0 atom stereocenters. The average molecular weight is 323 g/mol. The van der Waals surface area contributed by atoms with Crippen LogP contribution in [0.3, 0.4) is 0 Å². The van der Waals surface area contributed by atoms with Gasteiger partial charge in [-0.2, -0.15) is 0 Å². The van der Waals surface area contributed by atoms with Crippen LogP contribution in [0.4, 0.5) is 0 Å². The molecule has 0 radical (unpaired) electrons. The standard InChI is InChI=1S/C15H8Cl2O2S/c16-8-5-6-12-10(7-8)13(14(20-12)15(18)19)9-3-1-2-4-11(9)17/h1-7H,(H,18,19). The molecule has 0 amide bonds. The lowest BCUT2D eigenvalue weighted by Gasteiger charge is -2.05. The van der Waals surface area contributed by atoms with Gasteiger partial charge in [0.15, 0.2) is 0 Å². The van der Waals surface area contributed by atoms with Crippen LogP contribution in [0.2, 0.25) is 10.0 Å². The monoisotopic (exact) mass is 322 g/mol. The highest BCUT2D eigenvalue weighted by Crippen LogP contribution is 2.42. The van der Waals surface area contributed by atoms with Gasteiger partial charge in [-0.15, -0.1) is 11.3 Å². The van der Waals surface area contributed by atoms with Crippen molar-refractivity contribution in [2.45, 2.75) is 0 Å². The number of carboxylic acid groups (broad SMARTS) is 1. The van der Waals surface area contributed by atoms with Crippen molar-refractivity contribution < 1.29 is 9.90 Å². The molecule has 0 aliphatic heterocycles. The van der Waals surface area contributed by atoms with Gasteiger partial charge < -0.3 is 5.11 Å². The number of benzene rings is 2. The van der Waals surface area contributed by atoms with E-state index in [-0.39, 0.29) is 4.88 Å². The van der Waals surface area contributed by atoms with E-state index >= 15 is 0 Å². The molecule has 0 unspecified atom stereocenters. The van der Waals surface area contributed by atoms with E-state index in [0.29, 0.717) is 21.2 Å². The summed E-state index contributed by atoms with van der Waals surface area (Å²) < 4.78 is 0.877. The zero-order chi connectivity index (χ0) is 14.3. The fraction of sp³-hybridized carbons (Fsp3) is 0. The third-order valence-electron chi connectivity index (χ3n) is 2.99. The number of hydrogen-bond acceptors (Lipinski definition) is 2. The molecule has 1 N–H and O–H groups in total. The molecule has 0 spiro atoms. The van der Waals surface area contributed by atoms with Crippen molar-refractivity contribution in [1.29, 1.82) is 0 Å². The minimum absolute atomic E-state index is 0.273. The Kier molecular flexibility index (Phi) is 3.42. The molecule has 5 heteroatoms. The predicted molar refractivity (Wildman–Crippen MR) is 84.2 cm³/mol. The zero-order valence-corrected chi connectivity index (χ0v) is 12.4. The third kappa shape index (κ3) is 2.18. The van der Waals surface area contributed by atoms with Crippen LogP contribution in [0.5, 0.6) is 0 Å². The van der Waals surface area contributed by atoms with Gasteiger partial charge in [0.05, 0.1) is 0 Å². The fourth-order valence-electron chi connectivity index (χ4n) is 2.15. The number of carbonyl (C=O) groups is 1. The highest BCUT2D eigenvalue weighted by atomic mass is 35.5. The van der Waals surface area contributed by atoms with Crippen molar-refractivity contribution in [3.63, 3.8) is 0 Å². The molecule has 2 nitrogen and oxygen atoms in total. The summed E-state index contributed by atoms with van der Waals surface area (Å²) in [7, 11) is 0. The summed E-state index contributed by atoms with van der Waals surface area (Å²) in [4.78, 5) is 11.8. The molecule has 1 aromatic heterocycles. The maximum absolute atomic E-state index is 11.5. The van der Waals surface area contributed by atoms with Crippen molar-refractivity contribution in [3.05, 3.63) is 57.4 Å². The third-order valence-corrected chi connectivity index (χ3v) is 4.71. The van der Waals surface area contributed by atoms with Crippen LogP contribution >= 0.6 is 34.5 Å². The Balaban J connectivity index is 2.43. The Bertz CT molecular complexity index is 824. The lowest BCUT2D eigenvalue weighted by molar-refractivity contribution is 0.0703. The van der Waals surface area contributed by atoms with Gasteiger partial charge >= 0.3 is 5.97 Å². The van der Waals surface area contributed by atoms with Gasteiger partial charge in [0.1, 0.15) is 4.88 Å². The SMILES string of the molecule is O=C(O)c1sc2ccc(Cl)cc2c1-c1ccccc1Cl. The maximum atomic E-state index is 11.5. The highest BCUT2D eigenvalue weighted by Gasteiger charge is 2.20. The predicted octanol–water partition coefficient (Wildman–Crippen LogP) is 5.57. The quantitative estimate of drug-likeness (QED) is 0.669. The molecule has 0 bridgehead atoms. The normalized spacial score (nSPS) is 10.9. The summed E-state index contributed by atoms with van der Waals surface area (Å²) in [6, 6.07) is 12.6. The van der Waals surface area contributed by atoms with E-state index in [1.807, 2.05) is 24.3 Å². The first-order valence-electron chi connectivity index (χ1n) is 5.78. The fourth-order valence-corrected chi connectivity index (χ4v) is 3.59. The first-order chi connectivity index (χ1) is 9.58. The minimum atomic E-state index is -0.961. The van der Waals surface area contributed by atoms with Gasteiger partial charge in [0.2, 0.25) is 0 Å². The van der Waals surface area contributed by atoms with Crippen molar-refractivity contribution >= 4 is 50.6 Å². The molecule has 1 heterocycles. The van der Waals surface area contributed by atoms with Crippen molar-refractivity contribution in [3.8, 4) is 11.1 Å². The molecular formula is C15H8Cl2O2S. The Morgan fingerprint density at radius 3 is 2.55 bits per heavy atom. The van der Waals surface area contributed by atoms with Gasteiger partial charge in [-0.3, -0.25) is 0 Å². The number of thiophene rings is 1. The number of aromatic carboxylic acids is 1. The first kappa shape index (κ1) is 13.4. The molecule has 3 rings (SSSR count). The lowest BCUT2D eigenvalue weighted by atomic mass is 10.0. The van der Waals surface area contributed by atoms with E-state index in [9.17, 15) is 9.90 Å². The first-order valence-corrected chi connectivity index (χ1v) is 7.35. The van der Waals surface area contributed by atoms with Crippen molar-refractivity contribution in [2.75, 3.05) is 0 Å². The molecule has 0 saturated heterocycles. The summed E-state index contributed by atoms with van der Waals surface area (Å²) in [6.07, 6.45) is 0. The van der Waals surface area contributed by atoms with E-state index in [4.69, 9.17) is 23.2 Å². The van der Waals surface area contributed by atoms with Crippen molar-refractivity contribution in [2.24, 2.45) is 0 Å². The molecule has 0 fully saturated rings. The van der Waals surface area contributed by atoms with Crippen LogP contribution in [0.15, 0.2) is 42.5 Å². The summed E-state index contributed by atoms with van der Waals surface area (Å²) in [6.45, 7) is 0. The molecular weight excluding hydrogens is 315 g/mol.